The van der Waals surface area contributed by atoms with Crippen molar-refractivity contribution in [3.05, 3.63) is 62.6 Å². The first kappa shape index (κ1) is 16.1. The van der Waals surface area contributed by atoms with Crippen LogP contribution in [0.25, 0.3) is 0 Å². The van der Waals surface area contributed by atoms with E-state index >= 15 is 0 Å². The van der Waals surface area contributed by atoms with E-state index in [0.29, 0.717) is 6.61 Å². The molecule has 0 bridgehead atoms. The van der Waals surface area contributed by atoms with Crippen LogP contribution in [-0.4, -0.2) is 0 Å². The summed E-state index contributed by atoms with van der Waals surface area (Å²) in [6, 6.07) is 10.3. The van der Waals surface area contributed by atoms with Crippen molar-refractivity contribution in [3.63, 3.8) is 0 Å². The summed E-state index contributed by atoms with van der Waals surface area (Å²) in [5.41, 5.74) is 12.1. The maximum Gasteiger partial charge on any atom is 0.124 e. The number of aryl methyl sites for hydroxylation is 3. The minimum Gasteiger partial charge on any atom is -0.489 e. The predicted molar refractivity (Wildman–Crippen MR) is 91.7 cm³/mol. The summed E-state index contributed by atoms with van der Waals surface area (Å²) in [4.78, 5) is 0. The Labute approximate surface area is 135 Å². The van der Waals surface area contributed by atoms with E-state index in [1.54, 1.807) is 0 Å². The molecule has 3 heteroatoms. The Hall–Kier alpha value is -1.32. The average molecular weight is 348 g/mol. The highest BCUT2D eigenvalue weighted by atomic mass is 79.9. The molecule has 0 aliphatic carbocycles. The van der Waals surface area contributed by atoms with Gasteiger partial charge >= 0.3 is 0 Å². The highest BCUT2D eigenvalue weighted by molar-refractivity contribution is 9.10. The van der Waals surface area contributed by atoms with Crippen LogP contribution in [0.5, 0.6) is 5.75 Å². The molecule has 21 heavy (non-hydrogen) atoms. The Morgan fingerprint density at radius 3 is 2.29 bits per heavy atom. The van der Waals surface area contributed by atoms with Crippen LogP contribution in [0.1, 0.15) is 40.8 Å². The molecule has 0 unspecified atom stereocenters. The molecular weight excluding hydrogens is 326 g/mol. The second-order valence-corrected chi connectivity index (χ2v) is 6.55. The van der Waals surface area contributed by atoms with Gasteiger partial charge in [0.25, 0.3) is 0 Å². The molecule has 2 nitrogen and oxygen atoms in total. The molecule has 0 aromatic heterocycles. The van der Waals surface area contributed by atoms with Crippen molar-refractivity contribution >= 4 is 15.9 Å². The fourth-order valence-corrected chi connectivity index (χ4v) is 2.97. The smallest absolute Gasteiger partial charge is 0.124 e. The van der Waals surface area contributed by atoms with Crippen molar-refractivity contribution in [2.24, 2.45) is 5.73 Å². The van der Waals surface area contributed by atoms with E-state index in [1.807, 2.05) is 25.1 Å². The second kappa shape index (κ2) is 6.63. The highest BCUT2D eigenvalue weighted by Crippen LogP contribution is 2.29. The first-order chi connectivity index (χ1) is 9.88. The van der Waals surface area contributed by atoms with Crippen molar-refractivity contribution in [2.75, 3.05) is 0 Å². The number of benzene rings is 2. The lowest BCUT2D eigenvalue weighted by Gasteiger charge is -2.17. The lowest BCUT2D eigenvalue weighted by atomic mass is 10.0. The van der Waals surface area contributed by atoms with E-state index in [9.17, 15) is 0 Å². The van der Waals surface area contributed by atoms with Crippen LogP contribution in [0, 0.1) is 20.8 Å². The largest absolute Gasteiger partial charge is 0.489 e. The molecule has 0 spiro atoms. The third-order valence-electron chi connectivity index (χ3n) is 3.67. The van der Waals surface area contributed by atoms with E-state index in [0.717, 1.165) is 15.8 Å². The Balaban J connectivity index is 2.25. The minimum absolute atomic E-state index is 0.0577. The van der Waals surface area contributed by atoms with Gasteiger partial charge in [0.05, 0.1) is 0 Å². The fraction of sp³-hybridized carbons (Fsp3) is 0.333. The van der Waals surface area contributed by atoms with Gasteiger partial charge in [0, 0.05) is 16.1 Å². The summed E-state index contributed by atoms with van der Waals surface area (Å²) in [5.74, 6) is 0.854. The number of hydrogen-bond donors (Lipinski definition) is 1. The molecule has 0 aliphatic heterocycles. The first-order valence-corrected chi connectivity index (χ1v) is 7.92. The quantitative estimate of drug-likeness (QED) is 0.846. The van der Waals surface area contributed by atoms with Crippen molar-refractivity contribution in [3.8, 4) is 5.75 Å². The van der Waals surface area contributed by atoms with Crippen LogP contribution >= 0.6 is 15.9 Å². The van der Waals surface area contributed by atoms with Crippen LogP contribution in [0.15, 0.2) is 34.8 Å². The van der Waals surface area contributed by atoms with Crippen molar-refractivity contribution in [1.29, 1.82) is 0 Å². The SMILES string of the molecule is Cc1cc(C)c(COc2ccc(Br)cc2[C@H](C)N)c(C)c1. The first-order valence-electron chi connectivity index (χ1n) is 7.13. The molecule has 0 amide bonds. The van der Waals surface area contributed by atoms with Crippen molar-refractivity contribution in [2.45, 2.75) is 40.3 Å². The molecule has 0 saturated heterocycles. The molecule has 2 N–H and O–H groups in total. The third-order valence-corrected chi connectivity index (χ3v) is 4.17. The van der Waals surface area contributed by atoms with Crippen LogP contribution in [0.3, 0.4) is 0 Å². The number of hydrogen-bond acceptors (Lipinski definition) is 2. The second-order valence-electron chi connectivity index (χ2n) is 5.64. The fourth-order valence-electron chi connectivity index (χ4n) is 2.59. The highest BCUT2D eigenvalue weighted by Gasteiger charge is 2.11. The summed E-state index contributed by atoms with van der Waals surface area (Å²) in [7, 11) is 0. The van der Waals surface area contributed by atoms with Gasteiger partial charge in [0.2, 0.25) is 0 Å². The summed E-state index contributed by atoms with van der Waals surface area (Å²) in [6.45, 7) is 8.92. The Bertz CT molecular complexity index is 627. The standard InChI is InChI=1S/C18H22BrNO/c1-11-7-12(2)17(13(3)8-11)10-21-18-6-5-15(19)9-16(18)14(4)20/h5-9,14H,10,20H2,1-4H3/t14-/m0/s1. The van der Waals surface area contributed by atoms with Gasteiger partial charge in [-0.15, -0.1) is 0 Å². The van der Waals surface area contributed by atoms with Gasteiger partial charge in [-0.05, 0) is 62.6 Å². The number of rotatable bonds is 4. The molecule has 0 saturated carbocycles. The van der Waals surface area contributed by atoms with Gasteiger partial charge in [-0.25, -0.2) is 0 Å². The predicted octanol–water partition coefficient (Wildman–Crippen LogP) is 4.97. The lowest BCUT2D eigenvalue weighted by Crippen LogP contribution is -2.09. The van der Waals surface area contributed by atoms with Gasteiger partial charge in [0.15, 0.2) is 0 Å². The average Bonchev–Trinajstić information content (AvgIpc) is 2.38. The van der Waals surface area contributed by atoms with Crippen molar-refractivity contribution < 1.29 is 4.74 Å². The maximum absolute atomic E-state index is 6.04. The molecule has 0 fully saturated rings. The summed E-state index contributed by atoms with van der Waals surface area (Å²) in [6.07, 6.45) is 0. The van der Waals surface area contributed by atoms with Gasteiger partial charge in [0.1, 0.15) is 12.4 Å². The number of halogens is 1. The van der Waals surface area contributed by atoms with Crippen LogP contribution in [0.2, 0.25) is 0 Å². The number of ether oxygens (including phenoxy) is 1. The normalized spacial score (nSPS) is 12.3. The Morgan fingerprint density at radius 1 is 1.10 bits per heavy atom. The molecule has 112 valence electrons. The zero-order valence-corrected chi connectivity index (χ0v) is 14.6. The number of nitrogens with two attached hydrogens (primary N) is 1. The Morgan fingerprint density at radius 2 is 1.71 bits per heavy atom. The maximum atomic E-state index is 6.04. The summed E-state index contributed by atoms with van der Waals surface area (Å²) < 4.78 is 7.06. The van der Waals surface area contributed by atoms with Gasteiger partial charge in [-0.1, -0.05) is 33.6 Å². The minimum atomic E-state index is -0.0577. The molecular formula is C18H22BrNO. The third kappa shape index (κ3) is 3.86. The van der Waals surface area contributed by atoms with Gasteiger partial charge in [-0.2, -0.15) is 0 Å². The topological polar surface area (TPSA) is 35.2 Å². The van der Waals surface area contributed by atoms with E-state index in [-0.39, 0.29) is 6.04 Å². The molecule has 2 rings (SSSR count). The zero-order chi connectivity index (χ0) is 15.6. The molecule has 0 radical (unpaired) electrons. The Kier molecular flexibility index (Phi) is 5.07. The van der Waals surface area contributed by atoms with Gasteiger partial charge in [-0.3, -0.25) is 0 Å². The van der Waals surface area contributed by atoms with E-state index in [2.05, 4.69) is 48.8 Å². The van der Waals surface area contributed by atoms with Crippen LogP contribution < -0.4 is 10.5 Å². The van der Waals surface area contributed by atoms with Crippen LogP contribution in [0.4, 0.5) is 0 Å². The molecule has 1 atom stereocenters. The summed E-state index contributed by atoms with van der Waals surface area (Å²) >= 11 is 3.48. The monoisotopic (exact) mass is 347 g/mol. The zero-order valence-electron chi connectivity index (χ0n) is 13.0. The van der Waals surface area contributed by atoms with Gasteiger partial charge < -0.3 is 10.5 Å². The lowest BCUT2D eigenvalue weighted by molar-refractivity contribution is 0.300. The van der Waals surface area contributed by atoms with E-state index in [4.69, 9.17) is 10.5 Å². The molecule has 0 aliphatic rings. The van der Waals surface area contributed by atoms with E-state index in [1.165, 1.54) is 22.3 Å². The van der Waals surface area contributed by atoms with Crippen LogP contribution in [-0.2, 0) is 6.61 Å². The van der Waals surface area contributed by atoms with Crippen molar-refractivity contribution in [1.82, 2.24) is 0 Å². The molecule has 0 heterocycles. The summed E-state index contributed by atoms with van der Waals surface area (Å²) in [5, 5.41) is 0. The molecule has 2 aromatic rings. The molecule has 2 aromatic carbocycles. The van der Waals surface area contributed by atoms with E-state index < -0.39 is 0 Å².